The first-order valence-corrected chi connectivity index (χ1v) is 9.24. The Labute approximate surface area is 154 Å². The van der Waals surface area contributed by atoms with Crippen LogP contribution in [0, 0.1) is 12.8 Å². The highest BCUT2D eigenvalue weighted by atomic mass is 16.5. The van der Waals surface area contributed by atoms with E-state index in [1.54, 1.807) is 7.11 Å². The Bertz CT molecular complexity index is 707. The third-order valence-corrected chi connectivity index (χ3v) is 5.26. The normalized spacial score (nSPS) is 24.6. The third kappa shape index (κ3) is 4.29. The summed E-state index contributed by atoms with van der Waals surface area (Å²) in [5, 5.41) is 0. The zero-order valence-electron chi connectivity index (χ0n) is 15.5. The van der Waals surface area contributed by atoms with Crippen LogP contribution in [0.25, 0.3) is 0 Å². The number of rotatable bonds is 1. The average Bonchev–Trinajstić information content (AvgIpc) is 2.60. The van der Waals surface area contributed by atoms with Crippen LogP contribution >= 0.6 is 0 Å². The lowest BCUT2D eigenvalue weighted by Crippen LogP contribution is -2.35. The van der Waals surface area contributed by atoms with Crippen LogP contribution in [-0.4, -0.2) is 34.9 Å². The number of methoxy groups -OCH3 is 1. The van der Waals surface area contributed by atoms with Crippen molar-refractivity contribution in [2.45, 2.75) is 64.4 Å². The quantitative estimate of drug-likeness (QED) is 0.567. The Morgan fingerprint density at radius 3 is 2.65 bits per heavy atom. The maximum atomic E-state index is 11.2. The van der Waals surface area contributed by atoms with Gasteiger partial charge in [-0.1, -0.05) is 12.2 Å². The summed E-state index contributed by atoms with van der Waals surface area (Å²) in [6, 6.07) is 0. The number of fused-ring (bicyclic) bond motifs is 2. The molecule has 1 saturated heterocycles. The van der Waals surface area contributed by atoms with Crippen molar-refractivity contribution in [1.82, 2.24) is 9.97 Å². The summed E-state index contributed by atoms with van der Waals surface area (Å²) >= 11 is 0. The fourth-order valence-corrected chi connectivity index (χ4v) is 3.86. The lowest BCUT2D eigenvalue weighted by Gasteiger charge is -2.35. The van der Waals surface area contributed by atoms with Gasteiger partial charge in [-0.3, -0.25) is 9.59 Å². The lowest BCUT2D eigenvalue weighted by molar-refractivity contribution is -0.159. The molecule has 6 heteroatoms. The Balaban J connectivity index is 0.000000152. The smallest absolute Gasteiger partial charge is 0.306 e. The lowest BCUT2D eigenvalue weighted by atomic mass is 9.80. The van der Waals surface area contributed by atoms with E-state index < -0.39 is 0 Å². The van der Waals surface area contributed by atoms with E-state index in [0.717, 1.165) is 36.9 Å². The fraction of sp³-hybridized carbons (Fsp3) is 0.600. The molecule has 2 atom stereocenters. The molecule has 6 nitrogen and oxygen atoms in total. The highest BCUT2D eigenvalue weighted by Crippen LogP contribution is 2.35. The molecule has 0 spiro atoms. The zero-order chi connectivity index (χ0) is 18.7. The molecular formula is C20H26N2O4. The van der Waals surface area contributed by atoms with Crippen molar-refractivity contribution >= 4 is 11.8 Å². The maximum absolute atomic E-state index is 11.2. The van der Waals surface area contributed by atoms with Gasteiger partial charge in [0.1, 0.15) is 17.7 Å². The molecule has 1 aromatic rings. The van der Waals surface area contributed by atoms with Crippen LogP contribution in [0.2, 0.25) is 0 Å². The first-order valence-electron chi connectivity index (χ1n) is 9.24. The molecule has 1 aliphatic heterocycles. The van der Waals surface area contributed by atoms with Crippen LogP contribution in [0.3, 0.4) is 0 Å². The van der Waals surface area contributed by atoms with Gasteiger partial charge in [0.05, 0.1) is 12.8 Å². The molecule has 2 aliphatic carbocycles. The predicted octanol–water partition coefficient (Wildman–Crippen LogP) is 2.90. The summed E-state index contributed by atoms with van der Waals surface area (Å²) in [4.78, 5) is 30.7. The van der Waals surface area contributed by atoms with Crippen molar-refractivity contribution in [3.05, 3.63) is 29.2 Å². The molecule has 140 valence electrons. The van der Waals surface area contributed by atoms with Gasteiger partial charge in [-0.05, 0) is 38.5 Å². The summed E-state index contributed by atoms with van der Waals surface area (Å²) in [7, 11) is 1.60. The van der Waals surface area contributed by atoms with E-state index in [4.69, 9.17) is 9.47 Å². The van der Waals surface area contributed by atoms with Gasteiger partial charge in [-0.2, -0.15) is 4.98 Å². The summed E-state index contributed by atoms with van der Waals surface area (Å²) in [5.74, 6) is 2.13. The van der Waals surface area contributed by atoms with Crippen molar-refractivity contribution in [3.8, 4) is 5.88 Å². The van der Waals surface area contributed by atoms with E-state index in [2.05, 4.69) is 16.5 Å². The fourth-order valence-electron chi connectivity index (χ4n) is 3.86. The number of ketones is 1. The van der Waals surface area contributed by atoms with Crippen molar-refractivity contribution in [1.29, 1.82) is 0 Å². The second-order valence-corrected chi connectivity index (χ2v) is 7.24. The summed E-state index contributed by atoms with van der Waals surface area (Å²) in [6.07, 6.45) is 6.70. The van der Waals surface area contributed by atoms with Crippen molar-refractivity contribution in [2.24, 2.45) is 5.92 Å². The Kier molecular flexibility index (Phi) is 5.69. The molecule has 1 saturated carbocycles. The van der Waals surface area contributed by atoms with Gasteiger partial charge >= 0.3 is 5.97 Å². The van der Waals surface area contributed by atoms with E-state index in [1.165, 1.54) is 5.57 Å². The number of carbonyl (C=O) groups excluding carboxylic acids is 2. The van der Waals surface area contributed by atoms with Crippen LogP contribution < -0.4 is 4.74 Å². The SMILES string of the molecule is C=C1CCC2CCC(=O)OC2C1.COc1nc(C)nc2c1CCC(=O)C2. The molecule has 0 bridgehead atoms. The molecule has 4 rings (SSSR count). The van der Waals surface area contributed by atoms with Crippen molar-refractivity contribution in [3.63, 3.8) is 0 Å². The second-order valence-electron chi connectivity index (χ2n) is 7.24. The molecule has 2 fully saturated rings. The number of aryl methyl sites for hydroxylation is 1. The molecule has 0 amide bonds. The van der Waals surface area contributed by atoms with E-state index in [0.29, 0.717) is 43.3 Å². The molecule has 2 unspecified atom stereocenters. The number of hydrogen-bond acceptors (Lipinski definition) is 6. The van der Waals surface area contributed by atoms with Crippen LogP contribution in [-0.2, 0) is 27.2 Å². The van der Waals surface area contributed by atoms with E-state index >= 15 is 0 Å². The van der Waals surface area contributed by atoms with Gasteiger partial charge in [0, 0.05) is 31.2 Å². The molecule has 0 N–H and O–H groups in total. The largest absolute Gasteiger partial charge is 0.481 e. The highest BCUT2D eigenvalue weighted by molar-refractivity contribution is 5.82. The van der Waals surface area contributed by atoms with Crippen LogP contribution in [0.15, 0.2) is 12.2 Å². The number of esters is 1. The minimum absolute atomic E-state index is 0.0223. The minimum atomic E-state index is -0.0223. The van der Waals surface area contributed by atoms with Crippen LogP contribution in [0.4, 0.5) is 0 Å². The predicted molar refractivity (Wildman–Crippen MR) is 95.9 cm³/mol. The monoisotopic (exact) mass is 358 g/mol. The molecule has 0 radical (unpaired) electrons. The number of ether oxygens (including phenoxy) is 2. The minimum Gasteiger partial charge on any atom is -0.481 e. The second kappa shape index (κ2) is 7.98. The highest BCUT2D eigenvalue weighted by Gasteiger charge is 2.33. The van der Waals surface area contributed by atoms with E-state index in [9.17, 15) is 9.59 Å². The maximum Gasteiger partial charge on any atom is 0.306 e. The van der Waals surface area contributed by atoms with Gasteiger partial charge in [0.2, 0.25) is 5.88 Å². The molecule has 3 aliphatic rings. The van der Waals surface area contributed by atoms with E-state index in [-0.39, 0.29) is 17.9 Å². The number of hydrogen-bond donors (Lipinski definition) is 0. The van der Waals surface area contributed by atoms with Crippen LogP contribution in [0.5, 0.6) is 5.88 Å². The summed E-state index contributed by atoms with van der Waals surface area (Å²) < 4.78 is 10.4. The average molecular weight is 358 g/mol. The van der Waals surface area contributed by atoms with Gasteiger partial charge in [-0.15, -0.1) is 0 Å². The molecular weight excluding hydrogens is 332 g/mol. The number of Topliss-reactive ketones (excluding diaryl/α,β-unsaturated/α-hetero) is 1. The first-order chi connectivity index (χ1) is 12.5. The van der Waals surface area contributed by atoms with Gasteiger partial charge in [0.15, 0.2) is 0 Å². The van der Waals surface area contributed by atoms with Crippen molar-refractivity contribution < 1.29 is 19.1 Å². The molecule has 26 heavy (non-hydrogen) atoms. The van der Waals surface area contributed by atoms with Crippen LogP contribution in [0.1, 0.15) is 55.6 Å². The molecule has 1 aromatic heterocycles. The first kappa shape index (κ1) is 18.5. The topological polar surface area (TPSA) is 78.4 Å². The Hall–Kier alpha value is -2.24. The third-order valence-electron chi connectivity index (χ3n) is 5.26. The summed E-state index contributed by atoms with van der Waals surface area (Å²) in [5.41, 5.74) is 3.08. The molecule has 0 aromatic carbocycles. The number of nitrogens with zero attached hydrogens (tertiary/aromatic N) is 2. The standard InChI is InChI=1S/C10H12N2O2.C10H14O2/c1-6-11-9-5-7(13)3-4-8(9)10(12-6)14-2;1-7-2-3-8-4-5-10(11)12-9(8)6-7/h3-5H2,1-2H3;8-9H,1-6H2. The number of carbonyl (C=O) groups is 2. The van der Waals surface area contributed by atoms with Gasteiger partial charge in [-0.25, -0.2) is 4.98 Å². The zero-order valence-corrected chi connectivity index (χ0v) is 15.5. The van der Waals surface area contributed by atoms with Gasteiger partial charge < -0.3 is 9.47 Å². The van der Waals surface area contributed by atoms with Gasteiger partial charge in [0.25, 0.3) is 0 Å². The molecule has 2 heterocycles. The summed E-state index contributed by atoms with van der Waals surface area (Å²) in [6.45, 7) is 5.75. The van der Waals surface area contributed by atoms with E-state index in [1.807, 2.05) is 6.92 Å². The Morgan fingerprint density at radius 1 is 1.12 bits per heavy atom. The Morgan fingerprint density at radius 2 is 1.88 bits per heavy atom. The van der Waals surface area contributed by atoms with Crippen molar-refractivity contribution in [2.75, 3.05) is 7.11 Å². The number of aromatic nitrogens is 2.